The number of fused-ring (bicyclic) bond motifs is 1. The Morgan fingerprint density at radius 1 is 1.03 bits per heavy atom. The van der Waals surface area contributed by atoms with Gasteiger partial charge in [-0.05, 0) is 36.4 Å². The molecule has 148 valence electrons. The lowest BCUT2D eigenvalue weighted by Gasteiger charge is -2.37. The maximum Gasteiger partial charge on any atom is 0.240 e. The molecule has 29 heavy (non-hydrogen) atoms. The van der Waals surface area contributed by atoms with Gasteiger partial charge in [0.25, 0.3) is 0 Å². The van der Waals surface area contributed by atoms with Crippen molar-refractivity contribution in [2.45, 2.75) is 4.90 Å². The number of aromatic nitrogens is 1. The van der Waals surface area contributed by atoms with Crippen LogP contribution in [-0.2, 0) is 10.0 Å². The summed E-state index contributed by atoms with van der Waals surface area (Å²) in [4.78, 5) is 8.90. The fourth-order valence-electron chi connectivity index (χ4n) is 3.57. The van der Waals surface area contributed by atoms with E-state index in [1.807, 2.05) is 4.90 Å². The third-order valence-corrected chi connectivity index (χ3v) is 6.19. The average molecular weight is 428 g/mol. The number of sulfonamides is 1. The molecule has 0 saturated carbocycles. The molecular formula is C20H18ClN5O2S. The summed E-state index contributed by atoms with van der Waals surface area (Å²) in [5.41, 5.74) is 1.84. The molecule has 1 saturated heterocycles. The zero-order valence-electron chi connectivity index (χ0n) is 15.4. The second kappa shape index (κ2) is 7.52. The Bertz CT molecular complexity index is 1230. The van der Waals surface area contributed by atoms with Crippen molar-refractivity contribution in [2.24, 2.45) is 5.14 Å². The summed E-state index contributed by atoms with van der Waals surface area (Å²) in [5, 5.41) is 16.2. The van der Waals surface area contributed by atoms with Crippen LogP contribution in [0.2, 0.25) is 5.02 Å². The van der Waals surface area contributed by atoms with E-state index in [2.05, 4.69) is 16.0 Å². The first kappa shape index (κ1) is 19.5. The number of anilines is 2. The number of hydrogen-bond donors (Lipinski definition) is 1. The van der Waals surface area contributed by atoms with E-state index in [4.69, 9.17) is 16.7 Å². The lowest BCUT2D eigenvalue weighted by molar-refractivity contribution is 0.595. The van der Waals surface area contributed by atoms with Crippen molar-refractivity contribution in [3.05, 3.63) is 59.1 Å². The Morgan fingerprint density at radius 3 is 2.41 bits per heavy atom. The largest absolute Gasteiger partial charge is 0.367 e. The first-order valence-corrected chi connectivity index (χ1v) is 10.9. The van der Waals surface area contributed by atoms with Crippen molar-refractivity contribution in [2.75, 3.05) is 36.0 Å². The predicted molar refractivity (Wildman–Crippen MR) is 114 cm³/mol. The Labute approximate surface area is 174 Å². The molecule has 1 aliphatic rings. The smallest absolute Gasteiger partial charge is 0.240 e. The number of halogens is 1. The maximum atomic E-state index is 11.9. The lowest BCUT2D eigenvalue weighted by Crippen LogP contribution is -2.47. The monoisotopic (exact) mass is 427 g/mol. The highest BCUT2D eigenvalue weighted by Gasteiger charge is 2.23. The molecule has 0 radical (unpaired) electrons. The molecule has 0 spiro atoms. The highest BCUT2D eigenvalue weighted by atomic mass is 35.5. The number of nitrogens with zero attached hydrogens (tertiary/aromatic N) is 4. The standard InChI is InChI=1S/C20H18ClN5O2S/c21-15-5-6-17-16(12-15)14(13-22)11-20(24-17)26-9-7-25(8-10-26)18-3-1-2-4-19(18)29(23,27)28/h1-6,11-12H,7-10H2,(H2,23,27,28). The van der Waals surface area contributed by atoms with Gasteiger partial charge in [-0.25, -0.2) is 18.5 Å². The second-order valence-electron chi connectivity index (χ2n) is 6.79. The molecule has 4 rings (SSSR count). The summed E-state index contributed by atoms with van der Waals surface area (Å²) in [7, 11) is -3.80. The van der Waals surface area contributed by atoms with Crippen LogP contribution in [0.25, 0.3) is 10.9 Å². The third kappa shape index (κ3) is 3.85. The van der Waals surface area contributed by atoms with Gasteiger partial charge >= 0.3 is 0 Å². The average Bonchev–Trinajstić information content (AvgIpc) is 2.72. The van der Waals surface area contributed by atoms with E-state index in [0.717, 1.165) is 11.2 Å². The Hall–Kier alpha value is -2.86. The van der Waals surface area contributed by atoms with Gasteiger partial charge in [0.15, 0.2) is 0 Å². The molecule has 1 aromatic heterocycles. The highest BCUT2D eigenvalue weighted by molar-refractivity contribution is 7.89. The number of nitriles is 1. The van der Waals surface area contributed by atoms with Gasteiger partial charge in [-0.2, -0.15) is 5.26 Å². The van der Waals surface area contributed by atoms with Crippen LogP contribution in [0.15, 0.2) is 53.4 Å². The van der Waals surface area contributed by atoms with E-state index in [0.29, 0.717) is 48.0 Å². The van der Waals surface area contributed by atoms with Crippen molar-refractivity contribution in [3.8, 4) is 6.07 Å². The number of nitrogens with two attached hydrogens (primary N) is 1. The van der Waals surface area contributed by atoms with Crippen molar-refractivity contribution in [1.82, 2.24) is 4.98 Å². The molecule has 9 heteroatoms. The number of hydrogen-bond acceptors (Lipinski definition) is 6. The zero-order valence-corrected chi connectivity index (χ0v) is 17.0. The van der Waals surface area contributed by atoms with Crippen molar-refractivity contribution >= 4 is 44.0 Å². The van der Waals surface area contributed by atoms with Gasteiger partial charge in [-0.3, -0.25) is 0 Å². The van der Waals surface area contributed by atoms with E-state index in [1.54, 1.807) is 42.5 Å². The SMILES string of the molecule is N#Cc1cc(N2CCN(c3ccccc3S(N)(=O)=O)CC2)nc2ccc(Cl)cc12. The van der Waals surface area contributed by atoms with E-state index in [9.17, 15) is 13.7 Å². The molecule has 1 aliphatic heterocycles. The lowest BCUT2D eigenvalue weighted by atomic mass is 10.1. The summed E-state index contributed by atoms with van der Waals surface area (Å²) in [6.07, 6.45) is 0. The highest BCUT2D eigenvalue weighted by Crippen LogP contribution is 2.28. The van der Waals surface area contributed by atoms with E-state index < -0.39 is 10.0 Å². The van der Waals surface area contributed by atoms with Crippen molar-refractivity contribution in [3.63, 3.8) is 0 Å². The molecule has 1 fully saturated rings. The molecule has 0 bridgehead atoms. The van der Waals surface area contributed by atoms with E-state index >= 15 is 0 Å². The van der Waals surface area contributed by atoms with Crippen LogP contribution >= 0.6 is 11.6 Å². The zero-order chi connectivity index (χ0) is 20.6. The third-order valence-electron chi connectivity index (χ3n) is 4.99. The maximum absolute atomic E-state index is 11.9. The Morgan fingerprint density at radius 2 is 1.72 bits per heavy atom. The number of rotatable bonds is 3. The van der Waals surface area contributed by atoms with Crippen molar-refractivity contribution < 1.29 is 8.42 Å². The van der Waals surface area contributed by atoms with Gasteiger partial charge in [0.2, 0.25) is 10.0 Å². The summed E-state index contributed by atoms with van der Waals surface area (Å²) < 4.78 is 23.8. The van der Waals surface area contributed by atoms with Gasteiger partial charge in [-0.1, -0.05) is 23.7 Å². The summed E-state index contributed by atoms with van der Waals surface area (Å²) in [6.45, 7) is 2.48. The topological polar surface area (TPSA) is 103 Å². The fraction of sp³-hybridized carbons (Fsp3) is 0.200. The minimum atomic E-state index is -3.80. The van der Waals surface area contributed by atoms with Crippen LogP contribution in [0.3, 0.4) is 0 Å². The van der Waals surface area contributed by atoms with Gasteiger partial charge in [0.05, 0.1) is 22.8 Å². The quantitative estimate of drug-likeness (QED) is 0.689. The minimum absolute atomic E-state index is 0.126. The molecule has 2 heterocycles. The molecule has 0 aliphatic carbocycles. The number of primary sulfonamides is 1. The first-order chi connectivity index (χ1) is 13.9. The Balaban J connectivity index is 1.60. The van der Waals surface area contributed by atoms with E-state index in [-0.39, 0.29) is 4.90 Å². The number of pyridine rings is 1. The van der Waals surface area contributed by atoms with Gasteiger partial charge < -0.3 is 9.80 Å². The van der Waals surface area contributed by atoms with Gasteiger partial charge in [0, 0.05) is 36.6 Å². The minimum Gasteiger partial charge on any atom is -0.367 e. The first-order valence-electron chi connectivity index (χ1n) is 8.99. The van der Waals surface area contributed by atoms with Crippen LogP contribution in [0.5, 0.6) is 0 Å². The number of benzene rings is 2. The summed E-state index contributed by atoms with van der Waals surface area (Å²) in [6, 6.07) is 16.0. The number of para-hydroxylation sites is 1. The summed E-state index contributed by atoms with van der Waals surface area (Å²) >= 11 is 6.05. The molecular weight excluding hydrogens is 410 g/mol. The molecule has 0 amide bonds. The van der Waals surface area contributed by atoms with E-state index in [1.165, 1.54) is 6.07 Å². The van der Waals surface area contributed by atoms with Crippen LogP contribution in [-0.4, -0.2) is 39.6 Å². The van der Waals surface area contributed by atoms with Crippen LogP contribution in [0, 0.1) is 11.3 Å². The number of piperazine rings is 1. The fourth-order valence-corrected chi connectivity index (χ4v) is 4.50. The molecule has 3 aromatic rings. The van der Waals surface area contributed by atoms with Gasteiger partial charge in [-0.15, -0.1) is 0 Å². The molecule has 7 nitrogen and oxygen atoms in total. The molecule has 2 N–H and O–H groups in total. The van der Waals surface area contributed by atoms with Crippen LogP contribution in [0.1, 0.15) is 5.56 Å². The summed E-state index contributed by atoms with van der Waals surface area (Å²) in [5.74, 6) is 0.718. The second-order valence-corrected chi connectivity index (χ2v) is 8.75. The van der Waals surface area contributed by atoms with Crippen LogP contribution in [0.4, 0.5) is 11.5 Å². The molecule has 2 aromatic carbocycles. The predicted octanol–water partition coefficient (Wildman–Crippen LogP) is 2.73. The molecule has 0 unspecified atom stereocenters. The molecule has 0 atom stereocenters. The van der Waals surface area contributed by atoms with Crippen molar-refractivity contribution in [1.29, 1.82) is 5.26 Å². The van der Waals surface area contributed by atoms with Crippen LogP contribution < -0.4 is 14.9 Å². The van der Waals surface area contributed by atoms with Gasteiger partial charge in [0.1, 0.15) is 10.7 Å². The Kier molecular flexibility index (Phi) is 5.04. The normalized spacial score (nSPS) is 14.8.